The maximum absolute atomic E-state index is 11.8. The Kier molecular flexibility index (Phi) is 7.30. The molecule has 0 bridgehead atoms. The van der Waals surface area contributed by atoms with Gasteiger partial charge in [-0.15, -0.1) is 0 Å². The molecule has 0 spiro atoms. The highest BCUT2D eigenvalue weighted by Gasteiger charge is 2.43. The summed E-state index contributed by atoms with van der Waals surface area (Å²) in [6.45, 7) is 4.00. The van der Waals surface area contributed by atoms with Crippen LogP contribution >= 0.6 is 23.2 Å². The van der Waals surface area contributed by atoms with Crippen molar-refractivity contribution >= 4 is 51.9 Å². The minimum Gasteiger partial charge on any atom is -0.378 e. The molecule has 2 aromatic heterocycles. The summed E-state index contributed by atoms with van der Waals surface area (Å²) in [6.07, 6.45) is 0. The van der Waals surface area contributed by atoms with Crippen LogP contribution in [-0.4, -0.2) is 38.6 Å². The molecular formula is C35H29Cl2N7O2. The Labute approximate surface area is 276 Å². The topological polar surface area (TPSA) is 85.3 Å². The first-order valence-electron chi connectivity index (χ1n) is 14.7. The third kappa shape index (κ3) is 4.71. The summed E-state index contributed by atoms with van der Waals surface area (Å²) < 4.78 is 3.78. The lowest BCUT2D eigenvalue weighted by Crippen LogP contribution is -2.26. The number of rotatable bonds is 6. The van der Waals surface area contributed by atoms with Crippen LogP contribution < -0.4 is 9.80 Å². The zero-order valence-corrected chi connectivity index (χ0v) is 27.0. The van der Waals surface area contributed by atoms with Crippen LogP contribution in [0.25, 0.3) is 11.4 Å². The number of aryl methyl sites for hydroxylation is 2. The fourth-order valence-electron chi connectivity index (χ4n) is 6.28. The number of fused-ring (bicyclic) bond motifs is 2. The minimum absolute atomic E-state index is 0.127. The molecule has 9 nitrogen and oxygen atoms in total. The number of hydrogen-bond donors (Lipinski definition) is 0. The number of anilines is 4. The molecule has 0 unspecified atom stereocenters. The molecule has 0 amide bonds. The van der Waals surface area contributed by atoms with Gasteiger partial charge < -0.3 is 4.90 Å². The highest BCUT2D eigenvalue weighted by molar-refractivity contribution is 6.40. The van der Waals surface area contributed by atoms with E-state index >= 15 is 0 Å². The molecule has 11 heteroatoms. The third-order valence-electron chi connectivity index (χ3n) is 8.34. The first-order chi connectivity index (χ1) is 22.2. The van der Waals surface area contributed by atoms with E-state index < -0.39 is 4.92 Å². The van der Waals surface area contributed by atoms with Crippen molar-refractivity contribution in [3.05, 3.63) is 145 Å². The number of nitrogens with zero attached hydrogens (tertiary/aromatic N) is 7. The van der Waals surface area contributed by atoms with Crippen molar-refractivity contribution in [2.45, 2.75) is 19.8 Å². The SMILES string of the molecule is Cc1nn(-c2ccccc2)c2c1C(c1ccc(N(C)C)cc1)c1c(C)nn(-c3ccccc3)c1N2c1c(Cl)cc([N+](=O)[O-])cc1Cl. The van der Waals surface area contributed by atoms with Gasteiger partial charge >= 0.3 is 0 Å². The second-order valence-electron chi connectivity index (χ2n) is 11.4. The average molecular weight is 651 g/mol. The Bertz CT molecular complexity index is 1990. The van der Waals surface area contributed by atoms with Gasteiger partial charge in [-0.25, -0.2) is 9.36 Å². The maximum atomic E-state index is 11.8. The van der Waals surface area contributed by atoms with Crippen molar-refractivity contribution in [2.24, 2.45) is 0 Å². The lowest BCUT2D eigenvalue weighted by Gasteiger charge is -2.36. The molecule has 0 radical (unpaired) electrons. The van der Waals surface area contributed by atoms with Crippen LogP contribution in [0.5, 0.6) is 0 Å². The van der Waals surface area contributed by atoms with Crippen LogP contribution in [0.4, 0.5) is 28.7 Å². The molecular weight excluding hydrogens is 621 g/mol. The highest BCUT2D eigenvalue weighted by atomic mass is 35.5. The molecule has 0 saturated carbocycles. The van der Waals surface area contributed by atoms with Crippen molar-refractivity contribution in [1.82, 2.24) is 19.6 Å². The number of nitro groups is 1. The number of halogens is 2. The second-order valence-corrected chi connectivity index (χ2v) is 12.2. The molecule has 1 aliphatic heterocycles. The van der Waals surface area contributed by atoms with E-state index in [0.29, 0.717) is 17.3 Å². The van der Waals surface area contributed by atoms with E-state index in [2.05, 4.69) is 29.2 Å². The number of non-ortho nitro benzene ring substituents is 1. The maximum Gasteiger partial charge on any atom is 0.272 e. The molecule has 3 heterocycles. The van der Waals surface area contributed by atoms with E-state index in [1.807, 2.05) is 103 Å². The fourth-order valence-corrected chi connectivity index (χ4v) is 6.93. The van der Waals surface area contributed by atoms with Crippen LogP contribution in [0.1, 0.15) is 34.0 Å². The minimum atomic E-state index is -0.501. The van der Waals surface area contributed by atoms with Crippen LogP contribution in [0, 0.1) is 24.0 Å². The monoisotopic (exact) mass is 649 g/mol. The standard InChI is InChI=1S/C35H29Cl2N7O2/c1-21-30-32(23-15-17-24(18-16-23)40(3)4)31-22(2)39-43(26-13-9-6-10-14-26)35(31)41(33-28(36)19-27(44(45)46)20-29(33)37)34(30)42(38-21)25-11-7-5-8-12-25/h5-20,32H,1-4H3. The van der Waals surface area contributed by atoms with E-state index in [-0.39, 0.29) is 21.7 Å². The summed E-state index contributed by atoms with van der Waals surface area (Å²) in [5, 5.41) is 22.2. The van der Waals surface area contributed by atoms with Gasteiger partial charge in [0.2, 0.25) is 0 Å². The summed E-state index contributed by atoms with van der Waals surface area (Å²) >= 11 is 13.9. The van der Waals surface area contributed by atoms with Crippen molar-refractivity contribution in [1.29, 1.82) is 0 Å². The molecule has 7 rings (SSSR count). The predicted octanol–water partition coefficient (Wildman–Crippen LogP) is 8.92. The number of para-hydroxylation sites is 2. The highest BCUT2D eigenvalue weighted by Crippen LogP contribution is 2.57. The third-order valence-corrected chi connectivity index (χ3v) is 8.92. The van der Waals surface area contributed by atoms with Crippen LogP contribution in [0.3, 0.4) is 0 Å². The molecule has 4 aromatic carbocycles. The van der Waals surface area contributed by atoms with Gasteiger partial charge in [0.15, 0.2) is 0 Å². The summed E-state index contributed by atoms with van der Waals surface area (Å²) in [5.41, 5.74) is 7.55. The first-order valence-corrected chi connectivity index (χ1v) is 15.4. The molecule has 0 N–H and O–H groups in total. The molecule has 0 atom stereocenters. The molecule has 0 aliphatic carbocycles. The van der Waals surface area contributed by atoms with E-state index in [4.69, 9.17) is 33.4 Å². The van der Waals surface area contributed by atoms with Crippen LogP contribution in [0.15, 0.2) is 97.1 Å². The largest absolute Gasteiger partial charge is 0.378 e. The normalized spacial score (nSPS) is 12.6. The van der Waals surface area contributed by atoms with Gasteiger partial charge in [0.1, 0.15) is 11.6 Å². The van der Waals surface area contributed by atoms with Gasteiger partial charge in [-0.1, -0.05) is 71.7 Å². The average Bonchev–Trinajstić information content (AvgIpc) is 3.58. The lowest BCUT2D eigenvalue weighted by molar-refractivity contribution is -0.384. The van der Waals surface area contributed by atoms with Gasteiger partial charge in [-0.2, -0.15) is 10.2 Å². The number of aromatic nitrogens is 4. The summed E-state index contributed by atoms with van der Waals surface area (Å²) in [4.78, 5) is 15.3. The Hall–Kier alpha value is -5.12. The zero-order valence-electron chi connectivity index (χ0n) is 25.5. The van der Waals surface area contributed by atoms with Crippen molar-refractivity contribution in [3.8, 4) is 11.4 Å². The van der Waals surface area contributed by atoms with E-state index in [0.717, 1.165) is 45.1 Å². The van der Waals surface area contributed by atoms with Crippen LogP contribution in [-0.2, 0) is 0 Å². The Morgan fingerprint density at radius 3 is 1.61 bits per heavy atom. The summed E-state index contributed by atoms with van der Waals surface area (Å²) in [6, 6.07) is 30.9. The van der Waals surface area contributed by atoms with Gasteiger partial charge in [-0.3, -0.25) is 15.0 Å². The fraction of sp³-hybridized carbons (Fsp3) is 0.143. The quantitative estimate of drug-likeness (QED) is 0.132. The van der Waals surface area contributed by atoms with Crippen LogP contribution in [0.2, 0.25) is 10.0 Å². The number of benzene rings is 4. The zero-order chi connectivity index (χ0) is 32.3. The second kappa shape index (κ2) is 11.3. The smallest absolute Gasteiger partial charge is 0.272 e. The Morgan fingerprint density at radius 2 is 1.20 bits per heavy atom. The van der Waals surface area contributed by atoms with Gasteiger partial charge in [0, 0.05) is 49.0 Å². The van der Waals surface area contributed by atoms with Crippen molar-refractivity contribution < 1.29 is 4.92 Å². The van der Waals surface area contributed by atoms with Gasteiger partial charge in [0.05, 0.1) is 43.4 Å². The molecule has 1 aliphatic rings. The predicted molar refractivity (Wildman–Crippen MR) is 183 cm³/mol. The summed E-state index contributed by atoms with van der Waals surface area (Å²) in [7, 11) is 4.03. The van der Waals surface area contributed by atoms with E-state index in [1.54, 1.807) is 0 Å². The lowest BCUT2D eigenvalue weighted by atomic mass is 9.81. The number of hydrogen-bond acceptors (Lipinski definition) is 6. The summed E-state index contributed by atoms with van der Waals surface area (Å²) in [5.74, 6) is 1.18. The van der Waals surface area contributed by atoms with Crippen molar-refractivity contribution in [2.75, 3.05) is 23.9 Å². The molecule has 0 fully saturated rings. The van der Waals surface area contributed by atoms with Gasteiger partial charge in [-0.05, 0) is 55.8 Å². The molecule has 46 heavy (non-hydrogen) atoms. The Balaban J connectivity index is 1.62. The molecule has 230 valence electrons. The Morgan fingerprint density at radius 1 is 0.739 bits per heavy atom. The van der Waals surface area contributed by atoms with E-state index in [1.165, 1.54) is 12.1 Å². The molecule has 0 saturated heterocycles. The van der Waals surface area contributed by atoms with E-state index in [9.17, 15) is 10.1 Å². The van der Waals surface area contributed by atoms with Gasteiger partial charge in [0.25, 0.3) is 5.69 Å². The van der Waals surface area contributed by atoms with Crippen molar-refractivity contribution in [3.63, 3.8) is 0 Å². The first kappa shape index (κ1) is 29.6. The molecule has 6 aromatic rings. The number of nitro benzene ring substituents is 1.